The molecule has 0 radical (unpaired) electrons. The van der Waals surface area contributed by atoms with E-state index in [-0.39, 0.29) is 0 Å². The minimum absolute atomic E-state index is 0.395. The Bertz CT molecular complexity index is 173. The highest BCUT2D eigenvalue weighted by molar-refractivity contribution is 4.78. The Hall–Kier alpha value is -0.120. The third-order valence-corrected chi connectivity index (χ3v) is 3.02. The van der Waals surface area contributed by atoms with Gasteiger partial charge < -0.3 is 10.1 Å². The fourth-order valence-corrected chi connectivity index (χ4v) is 2.08. The second-order valence-corrected chi connectivity index (χ2v) is 4.80. The summed E-state index contributed by atoms with van der Waals surface area (Å²) in [5.74, 6) is 0. The Balaban J connectivity index is 2.35. The van der Waals surface area contributed by atoms with Crippen molar-refractivity contribution in [3.8, 4) is 0 Å². The second kappa shape index (κ2) is 6.46. The van der Waals surface area contributed by atoms with Gasteiger partial charge in [0.1, 0.15) is 0 Å². The predicted octanol–water partition coefficient (Wildman–Crippen LogP) is 1.48. The van der Waals surface area contributed by atoms with Crippen molar-refractivity contribution in [1.29, 1.82) is 0 Å². The van der Waals surface area contributed by atoms with Crippen LogP contribution in [0.1, 0.15) is 34.1 Å². The van der Waals surface area contributed by atoms with Crippen LogP contribution in [0.4, 0.5) is 0 Å². The number of nitrogens with one attached hydrogen (secondary N) is 1. The summed E-state index contributed by atoms with van der Waals surface area (Å²) in [6, 6.07) is 1.25. The van der Waals surface area contributed by atoms with Crippen LogP contribution < -0.4 is 5.32 Å². The van der Waals surface area contributed by atoms with Gasteiger partial charge in [-0.15, -0.1) is 0 Å². The lowest BCUT2D eigenvalue weighted by Crippen LogP contribution is -2.50. The molecule has 1 aliphatic rings. The van der Waals surface area contributed by atoms with E-state index in [0.29, 0.717) is 18.2 Å². The van der Waals surface area contributed by atoms with Crippen LogP contribution in [0.5, 0.6) is 0 Å². The summed E-state index contributed by atoms with van der Waals surface area (Å²) in [5, 5.41) is 3.53. The van der Waals surface area contributed by atoms with Gasteiger partial charge in [0.05, 0.1) is 12.7 Å². The number of hydrogen-bond donors (Lipinski definition) is 1. The van der Waals surface area contributed by atoms with E-state index < -0.39 is 0 Å². The average molecular weight is 214 g/mol. The van der Waals surface area contributed by atoms with Crippen molar-refractivity contribution < 1.29 is 4.74 Å². The smallest absolute Gasteiger partial charge is 0.0674 e. The van der Waals surface area contributed by atoms with Gasteiger partial charge in [0.15, 0.2) is 0 Å². The van der Waals surface area contributed by atoms with Crippen LogP contribution in [0.15, 0.2) is 0 Å². The van der Waals surface area contributed by atoms with E-state index >= 15 is 0 Å². The number of ether oxygens (including phenoxy) is 1. The van der Waals surface area contributed by atoms with E-state index in [2.05, 4.69) is 37.9 Å². The highest BCUT2D eigenvalue weighted by Gasteiger charge is 2.22. The fraction of sp³-hybridized carbons (Fsp3) is 1.00. The zero-order chi connectivity index (χ0) is 11.3. The Morgan fingerprint density at radius 3 is 2.73 bits per heavy atom. The van der Waals surface area contributed by atoms with Gasteiger partial charge in [0.2, 0.25) is 0 Å². The Morgan fingerprint density at radius 1 is 1.47 bits per heavy atom. The summed E-state index contributed by atoms with van der Waals surface area (Å²) in [6.07, 6.45) is 1.61. The molecular weight excluding hydrogens is 188 g/mol. The van der Waals surface area contributed by atoms with Crippen LogP contribution >= 0.6 is 0 Å². The molecule has 1 rings (SSSR count). The van der Waals surface area contributed by atoms with Crippen LogP contribution in [0, 0.1) is 0 Å². The fourth-order valence-electron chi connectivity index (χ4n) is 2.08. The Morgan fingerprint density at radius 2 is 2.20 bits per heavy atom. The normalized spacial score (nSPS) is 25.8. The van der Waals surface area contributed by atoms with Crippen molar-refractivity contribution in [2.75, 3.05) is 26.2 Å². The van der Waals surface area contributed by atoms with Crippen molar-refractivity contribution in [3.05, 3.63) is 0 Å². The van der Waals surface area contributed by atoms with E-state index in [0.717, 1.165) is 26.2 Å². The highest BCUT2D eigenvalue weighted by atomic mass is 16.5. The Labute approximate surface area is 94.2 Å². The monoisotopic (exact) mass is 214 g/mol. The van der Waals surface area contributed by atoms with Gasteiger partial charge in [0, 0.05) is 31.7 Å². The molecule has 0 saturated carbocycles. The zero-order valence-electron chi connectivity index (χ0n) is 10.6. The molecule has 0 amide bonds. The third kappa shape index (κ3) is 4.49. The van der Waals surface area contributed by atoms with Crippen molar-refractivity contribution in [3.63, 3.8) is 0 Å². The molecule has 90 valence electrons. The summed E-state index contributed by atoms with van der Waals surface area (Å²) < 4.78 is 5.57. The standard InChI is InChI=1S/C12H26N2O/c1-5-12(8-13-10(2)3)14-6-7-15-11(4)9-14/h10-13H,5-9H2,1-4H3. The van der Waals surface area contributed by atoms with Crippen LogP contribution in [0.25, 0.3) is 0 Å². The van der Waals surface area contributed by atoms with Gasteiger partial charge in [-0.05, 0) is 13.3 Å². The highest BCUT2D eigenvalue weighted by Crippen LogP contribution is 2.10. The van der Waals surface area contributed by atoms with Gasteiger partial charge in [-0.3, -0.25) is 4.90 Å². The van der Waals surface area contributed by atoms with E-state index in [1.165, 1.54) is 6.42 Å². The molecule has 3 heteroatoms. The minimum atomic E-state index is 0.395. The lowest BCUT2D eigenvalue weighted by molar-refractivity contribution is -0.0345. The topological polar surface area (TPSA) is 24.5 Å². The van der Waals surface area contributed by atoms with Gasteiger partial charge >= 0.3 is 0 Å². The first-order chi connectivity index (χ1) is 7.13. The van der Waals surface area contributed by atoms with Crippen LogP contribution in [0.2, 0.25) is 0 Å². The van der Waals surface area contributed by atoms with Gasteiger partial charge in [-0.25, -0.2) is 0 Å². The summed E-state index contributed by atoms with van der Waals surface area (Å²) in [5.41, 5.74) is 0. The van der Waals surface area contributed by atoms with E-state index in [9.17, 15) is 0 Å². The molecule has 0 aromatic heterocycles. The summed E-state index contributed by atoms with van der Waals surface area (Å²) in [4.78, 5) is 2.56. The maximum Gasteiger partial charge on any atom is 0.0674 e. The quantitative estimate of drug-likeness (QED) is 0.750. The largest absolute Gasteiger partial charge is 0.376 e. The van der Waals surface area contributed by atoms with Crippen molar-refractivity contribution in [1.82, 2.24) is 10.2 Å². The molecule has 1 saturated heterocycles. The molecule has 0 aromatic carbocycles. The molecule has 1 N–H and O–H groups in total. The number of hydrogen-bond acceptors (Lipinski definition) is 3. The first-order valence-corrected chi connectivity index (χ1v) is 6.22. The van der Waals surface area contributed by atoms with Gasteiger partial charge in [0.25, 0.3) is 0 Å². The average Bonchev–Trinajstić information content (AvgIpc) is 2.18. The molecule has 0 spiro atoms. The SMILES string of the molecule is CCC(CNC(C)C)N1CCOC(C)C1. The molecule has 2 atom stereocenters. The summed E-state index contributed by atoms with van der Waals surface area (Å²) >= 11 is 0. The van der Waals surface area contributed by atoms with E-state index in [1.807, 2.05) is 0 Å². The number of morpholine rings is 1. The molecule has 0 aliphatic carbocycles. The first kappa shape index (κ1) is 12.9. The van der Waals surface area contributed by atoms with Crippen LogP contribution in [-0.2, 0) is 4.74 Å². The molecule has 15 heavy (non-hydrogen) atoms. The molecular formula is C12H26N2O. The van der Waals surface area contributed by atoms with E-state index in [1.54, 1.807) is 0 Å². The molecule has 1 fully saturated rings. The maximum absolute atomic E-state index is 5.57. The van der Waals surface area contributed by atoms with E-state index in [4.69, 9.17) is 4.74 Å². The first-order valence-electron chi connectivity index (χ1n) is 6.22. The van der Waals surface area contributed by atoms with Crippen molar-refractivity contribution >= 4 is 0 Å². The minimum Gasteiger partial charge on any atom is -0.376 e. The lowest BCUT2D eigenvalue weighted by Gasteiger charge is -2.37. The maximum atomic E-state index is 5.57. The van der Waals surface area contributed by atoms with Crippen LogP contribution in [-0.4, -0.2) is 49.3 Å². The van der Waals surface area contributed by atoms with Crippen molar-refractivity contribution in [2.24, 2.45) is 0 Å². The predicted molar refractivity (Wildman–Crippen MR) is 64.2 cm³/mol. The number of rotatable bonds is 5. The Kier molecular flexibility index (Phi) is 5.58. The molecule has 3 nitrogen and oxygen atoms in total. The third-order valence-electron chi connectivity index (χ3n) is 3.02. The lowest BCUT2D eigenvalue weighted by atomic mass is 10.1. The molecule has 1 aliphatic heterocycles. The second-order valence-electron chi connectivity index (χ2n) is 4.80. The zero-order valence-corrected chi connectivity index (χ0v) is 10.6. The summed E-state index contributed by atoms with van der Waals surface area (Å²) in [7, 11) is 0. The molecule has 1 heterocycles. The number of nitrogens with zero attached hydrogens (tertiary/aromatic N) is 1. The van der Waals surface area contributed by atoms with Gasteiger partial charge in [-0.1, -0.05) is 20.8 Å². The van der Waals surface area contributed by atoms with Crippen molar-refractivity contribution in [2.45, 2.75) is 52.3 Å². The van der Waals surface area contributed by atoms with Crippen LogP contribution in [0.3, 0.4) is 0 Å². The molecule has 0 bridgehead atoms. The molecule has 0 aromatic rings. The van der Waals surface area contributed by atoms with Gasteiger partial charge in [-0.2, -0.15) is 0 Å². The molecule has 2 unspecified atom stereocenters. The summed E-state index contributed by atoms with van der Waals surface area (Å²) in [6.45, 7) is 13.0.